The van der Waals surface area contributed by atoms with Crippen LogP contribution in [-0.4, -0.2) is 53.7 Å². The number of amides is 2. The maximum Gasteiger partial charge on any atom is 0.407 e. The summed E-state index contributed by atoms with van der Waals surface area (Å²) in [6.45, 7) is 4.88. The van der Waals surface area contributed by atoms with Crippen LogP contribution < -0.4 is 5.32 Å². The van der Waals surface area contributed by atoms with Gasteiger partial charge in [-0.1, -0.05) is 55.5 Å². The molecule has 7 heteroatoms. The quantitative estimate of drug-likeness (QED) is 0.527. The van der Waals surface area contributed by atoms with Crippen LogP contribution in [0.2, 0.25) is 0 Å². The lowest BCUT2D eigenvalue weighted by atomic mass is 9.98. The number of hydrogen-bond acceptors (Lipinski definition) is 4. The third-order valence-electron chi connectivity index (χ3n) is 6.13. The van der Waals surface area contributed by atoms with Gasteiger partial charge in [-0.2, -0.15) is 0 Å². The molecule has 0 bridgehead atoms. The molecular weight excluding hydrogens is 420 g/mol. The molecule has 1 aliphatic carbocycles. The third kappa shape index (κ3) is 6.12. The summed E-state index contributed by atoms with van der Waals surface area (Å²) in [6, 6.07) is 16.0. The van der Waals surface area contributed by atoms with E-state index in [0.29, 0.717) is 25.9 Å². The van der Waals surface area contributed by atoms with E-state index in [4.69, 9.17) is 9.84 Å². The average molecular weight is 453 g/mol. The number of benzene rings is 2. The Morgan fingerprint density at radius 3 is 2.18 bits per heavy atom. The van der Waals surface area contributed by atoms with E-state index in [-0.39, 0.29) is 37.3 Å². The van der Waals surface area contributed by atoms with Gasteiger partial charge in [0.2, 0.25) is 5.91 Å². The predicted octanol–water partition coefficient (Wildman–Crippen LogP) is 4.41. The monoisotopic (exact) mass is 452 g/mol. The number of carboxylic acids is 1. The molecule has 0 radical (unpaired) electrons. The molecule has 3 rings (SSSR count). The number of carbonyl (C=O) groups is 3. The molecule has 0 saturated carbocycles. The van der Waals surface area contributed by atoms with Gasteiger partial charge in [-0.3, -0.25) is 9.59 Å². The molecule has 2 amide bonds. The molecule has 7 nitrogen and oxygen atoms in total. The van der Waals surface area contributed by atoms with Gasteiger partial charge in [0, 0.05) is 37.9 Å². The summed E-state index contributed by atoms with van der Waals surface area (Å²) in [5.41, 5.74) is 4.63. The lowest BCUT2D eigenvalue weighted by Crippen LogP contribution is -2.41. The standard InChI is InChI=1S/C26H32N2O5/c1-3-18(16-24(29)28(4-2)15-9-14-25(30)31)27-26(32)33-17-23-21-12-7-5-10-19(21)20-11-6-8-13-22(20)23/h5-8,10-13,18,23H,3-4,9,14-17H2,1-2H3,(H,27,32)(H,30,31). The Morgan fingerprint density at radius 1 is 1.03 bits per heavy atom. The Labute approximate surface area is 194 Å². The molecule has 1 atom stereocenters. The smallest absolute Gasteiger partial charge is 0.407 e. The minimum atomic E-state index is -0.873. The van der Waals surface area contributed by atoms with Crippen molar-refractivity contribution in [2.75, 3.05) is 19.7 Å². The van der Waals surface area contributed by atoms with E-state index in [2.05, 4.69) is 29.6 Å². The normalized spacial score (nSPS) is 13.0. The van der Waals surface area contributed by atoms with Crippen molar-refractivity contribution in [2.24, 2.45) is 0 Å². The second kappa shape index (κ2) is 11.5. The zero-order valence-corrected chi connectivity index (χ0v) is 19.3. The SMILES string of the molecule is CCC(CC(=O)N(CC)CCCC(=O)O)NC(=O)OCC1c2ccccc2-c2ccccc21. The summed E-state index contributed by atoms with van der Waals surface area (Å²) in [6.07, 6.45) is 0.639. The van der Waals surface area contributed by atoms with Crippen molar-refractivity contribution < 1.29 is 24.2 Å². The Balaban J connectivity index is 1.54. The van der Waals surface area contributed by atoms with Gasteiger partial charge in [-0.15, -0.1) is 0 Å². The van der Waals surface area contributed by atoms with Gasteiger partial charge >= 0.3 is 12.1 Å². The molecule has 2 aromatic carbocycles. The second-order valence-electron chi connectivity index (χ2n) is 8.25. The number of aliphatic carboxylic acids is 1. The van der Waals surface area contributed by atoms with Crippen molar-refractivity contribution in [3.05, 3.63) is 59.7 Å². The minimum Gasteiger partial charge on any atom is -0.481 e. The molecule has 0 aromatic heterocycles. The van der Waals surface area contributed by atoms with Gasteiger partial charge in [0.25, 0.3) is 0 Å². The van der Waals surface area contributed by atoms with Crippen molar-refractivity contribution in [3.63, 3.8) is 0 Å². The maximum atomic E-state index is 12.6. The number of nitrogens with one attached hydrogen (secondary N) is 1. The Kier molecular flexibility index (Phi) is 8.46. The fourth-order valence-corrected chi connectivity index (χ4v) is 4.32. The van der Waals surface area contributed by atoms with E-state index in [9.17, 15) is 14.4 Å². The zero-order valence-electron chi connectivity index (χ0n) is 19.3. The Bertz CT molecular complexity index is 945. The topological polar surface area (TPSA) is 95.9 Å². The van der Waals surface area contributed by atoms with E-state index in [1.165, 1.54) is 11.1 Å². The van der Waals surface area contributed by atoms with E-state index in [0.717, 1.165) is 11.1 Å². The Morgan fingerprint density at radius 2 is 1.64 bits per heavy atom. The summed E-state index contributed by atoms with van der Waals surface area (Å²) < 4.78 is 5.59. The van der Waals surface area contributed by atoms with E-state index < -0.39 is 12.1 Å². The van der Waals surface area contributed by atoms with E-state index >= 15 is 0 Å². The number of alkyl carbamates (subject to hydrolysis) is 1. The second-order valence-corrected chi connectivity index (χ2v) is 8.25. The van der Waals surface area contributed by atoms with Crippen LogP contribution in [0.4, 0.5) is 4.79 Å². The highest BCUT2D eigenvalue weighted by atomic mass is 16.5. The highest BCUT2D eigenvalue weighted by Gasteiger charge is 2.29. The summed E-state index contributed by atoms with van der Waals surface area (Å²) in [7, 11) is 0. The van der Waals surface area contributed by atoms with Crippen LogP contribution in [0.3, 0.4) is 0 Å². The van der Waals surface area contributed by atoms with Crippen LogP contribution in [0.15, 0.2) is 48.5 Å². The minimum absolute atomic E-state index is 0.0188. The van der Waals surface area contributed by atoms with E-state index in [1.807, 2.05) is 38.1 Å². The van der Waals surface area contributed by atoms with Crippen molar-refractivity contribution in [1.82, 2.24) is 10.2 Å². The average Bonchev–Trinajstić information content (AvgIpc) is 3.13. The Hall–Kier alpha value is -3.35. The maximum absolute atomic E-state index is 12.6. The molecule has 1 aliphatic rings. The van der Waals surface area contributed by atoms with Gasteiger partial charge in [-0.05, 0) is 42.0 Å². The first-order chi connectivity index (χ1) is 15.9. The number of carbonyl (C=O) groups excluding carboxylic acids is 2. The summed E-state index contributed by atoms with van der Waals surface area (Å²) in [4.78, 5) is 37.5. The zero-order chi connectivity index (χ0) is 23.8. The van der Waals surface area contributed by atoms with Crippen LogP contribution >= 0.6 is 0 Å². The van der Waals surface area contributed by atoms with Crippen LogP contribution in [-0.2, 0) is 14.3 Å². The molecule has 0 heterocycles. The number of fused-ring (bicyclic) bond motifs is 3. The first-order valence-corrected chi connectivity index (χ1v) is 11.6. The first-order valence-electron chi connectivity index (χ1n) is 11.6. The molecule has 2 N–H and O–H groups in total. The summed E-state index contributed by atoms with van der Waals surface area (Å²) in [5, 5.41) is 11.6. The molecule has 176 valence electrons. The fraction of sp³-hybridized carbons (Fsp3) is 0.423. The number of carboxylic acid groups (broad SMARTS) is 1. The van der Waals surface area contributed by atoms with Gasteiger partial charge in [0.1, 0.15) is 6.61 Å². The molecule has 0 aliphatic heterocycles. The molecule has 0 saturated heterocycles. The van der Waals surface area contributed by atoms with Gasteiger partial charge in [0.15, 0.2) is 0 Å². The van der Waals surface area contributed by atoms with Crippen molar-refractivity contribution in [1.29, 1.82) is 0 Å². The number of rotatable bonds is 11. The highest BCUT2D eigenvalue weighted by molar-refractivity contribution is 5.79. The number of ether oxygens (including phenoxy) is 1. The van der Waals surface area contributed by atoms with Gasteiger partial charge < -0.3 is 20.1 Å². The van der Waals surface area contributed by atoms with Gasteiger partial charge in [-0.25, -0.2) is 4.79 Å². The van der Waals surface area contributed by atoms with Crippen LogP contribution in [0, 0.1) is 0 Å². The molecule has 0 fully saturated rings. The number of hydrogen-bond donors (Lipinski definition) is 2. The lowest BCUT2D eigenvalue weighted by Gasteiger charge is -2.24. The predicted molar refractivity (Wildman–Crippen MR) is 126 cm³/mol. The molecule has 1 unspecified atom stereocenters. The first kappa shape index (κ1) is 24.3. The number of nitrogens with zero attached hydrogens (tertiary/aromatic N) is 1. The van der Waals surface area contributed by atoms with Crippen molar-refractivity contribution >= 4 is 18.0 Å². The lowest BCUT2D eigenvalue weighted by molar-refractivity contribution is -0.138. The molecule has 33 heavy (non-hydrogen) atoms. The van der Waals surface area contributed by atoms with Crippen molar-refractivity contribution in [3.8, 4) is 11.1 Å². The molecular formula is C26H32N2O5. The van der Waals surface area contributed by atoms with Crippen LogP contribution in [0.5, 0.6) is 0 Å². The van der Waals surface area contributed by atoms with Crippen molar-refractivity contribution in [2.45, 2.75) is 51.5 Å². The van der Waals surface area contributed by atoms with Crippen LogP contribution in [0.25, 0.3) is 11.1 Å². The molecule has 2 aromatic rings. The third-order valence-corrected chi connectivity index (χ3v) is 6.13. The highest BCUT2D eigenvalue weighted by Crippen LogP contribution is 2.44. The van der Waals surface area contributed by atoms with Gasteiger partial charge in [0.05, 0.1) is 0 Å². The largest absolute Gasteiger partial charge is 0.481 e. The van der Waals surface area contributed by atoms with E-state index in [1.54, 1.807) is 4.90 Å². The summed E-state index contributed by atoms with van der Waals surface area (Å²) in [5.74, 6) is -0.995. The van der Waals surface area contributed by atoms with Crippen LogP contribution in [0.1, 0.15) is 56.6 Å². The summed E-state index contributed by atoms with van der Waals surface area (Å²) >= 11 is 0. The molecule has 0 spiro atoms. The fourth-order valence-electron chi connectivity index (χ4n) is 4.32.